The van der Waals surface area contributed by atoms with Crippen molar-refractivity contribution in [2.75, 3.05) is 35.8 Å². The number of alkyl halides is 3. The Morgan fingerprint density at radius 2 is 1.97 bits per heavy atom. The fourth-order valence-corrected chi connectivity index (χ4v) is 4.37. The van der Waals surface area contributed by atoms with Crippen LogP contribution >= 0.6 is 11.5 Å². The van der Waals surface area contributed by atoms with E-state index in [0.717, 1.165) is 40.3 Å². The van der Waals surface area contributed by atoms with Crippen LogP contribution in [0.25, 0.3) is 11.5 Å². The first-order valence-corrected chi connectivity index (χ1v) is 10.8. The van der Waals surface area contributed by atoms with Gasteiger partial charge in [-0.15, -0.1) is 0 Å². The van der Waals surface area contributed by atoms with E-state index in [4.69, 9.17) is 0 Å². The number of hydrogen-bond donors (Lipinski definition) is 1. The molecular formula is C21H22F3N7OS. The summed E-state index contributed by atoms with van der Waals surface area (Å²) in [5.74, 6) is -0.511. The van der Waals surface area contributed by atoms with E-state index in [-0.39, 0.29) is 16.2 Å². The van der Waals surface area contributed by atoms with Crippen LogP contribution in [0.15, 0.2) is 24.5 Å². The van der Waals surface area contributed by atoms with Crippen LogP contribution in [0.3, 0.4) is 0 Å². The van der Waals surface area contributed by atoms with Gasteiger partial charge in [-0.25, -0.2) is 4.98 Å². The summed E-state index contributed by atoms with van der Waals surface area (Å²) in [6.45, 7) is 6.38. The molecule has 0 fully saturated rings. The molecule has 3 aromatic heterocycles. The van der Waals surface area contributed by atoms with Crippen molar-refractivity contribution in [3.8, 4) is 11.5 Å². The quantitative estimate of drug-likeness (QED) is 0.593. The number of fused-ring (bicyclic) bond motifs is 1. The molecule has 1 amide bonds. The average molecular weight is 478 g/mol. The number of carbonyl (C=O) groups is 1. The van der Waals surface area contributed by atoms with Gasteiger partial charge in [-0.2, -0.15) is 22.5 Å². The number of likely N-dealkylation sites (N-methyl/N-ethyl adjacent to an activating group) is 1. The second-order valence-electron chi connectivity index (χ2n) is 8.54. The molecule has 0 spiro atoms. The number of aromatic nitrogens is 4. The molecule has 33 heavy (non-hydrogen) atoms. The van der Waals surface area contributed by atoms with Gasteiger partial charge in [0.1, 0.15) is 17.1 Å². The Balaban J connectivity index is 1.64. The standard InChI is InChI=1S/C21H22F3N7OS/c1-11(32)31(5)12-6-14(21(22,23)24)17(26-8-12)27-19-28-18(29-33-19)15-7-13-16(9-25-15)30(4)10-20(13,2)3/h6-9H,10H2,1-5H3,(H,26,27,28,29). The molecule has 0 bridgehead atoms. The van der Waals surface area contributed by atoms with E-state index < -0.39 is 23.5 Å². The lowest BCUT2D eigenvalue weighted by atomic mass is 9.87. The summed E-state index contributed by atoms with van der Waals surface area (Å²) < 4.78 is 45.3. The first kappa shape index (κ1) is 22.9. The minimum absolute atomic E-state index is 0.0354. The van der Waals surface area contributed by atoms with Gasteiger partial charge in [-0.3, -0.25) is 9.78 Å². The van der Waals surface area contributed by atoms with Crippen LogP contribution in [-0.4, -0.2) is 45.9 Å². The van der Waals surface area contributed by atoms with Crippen LogP contribution in [0.2, 0.25) is 0 Å². The number of hydrogen-bond acceptors (Lipinski definition) is 8. The Bertz CT molecular complexity index is 1220. The van der Waals surface area contributed by atoms with Gasteiger partial charge in [-0.1, -0.05) is 13.8 Å². The SMILES string of the molecule is CC(=O)N(C)c1cnc(Nc2nc(-c3cc4c(cn3)N(C)CC4(C)C)ns2)c(C(F)(F)F)c1. The highest BCUT2D eigenvalue weighted by Crippen LogP contribution is 2.41. The third-order valence-corrected chi connectivity index (χ3v) is 6.21. The molecule has 8 nitrogen and oxygen atoms in total. The first-order chi connectivity index (χ1) is 15.4. The molecule has 1 N–H and O–H groups in total. The number of anilines is 4. The van der Waals surface area contributed by atoms with E-state index in [2.05, 4.69) is 43.4 Å². The molecule has 0 unspecified atom stereocenters. The summed E-state index contributed by atoms with van der Waals surface area (Å²) in [4.78, 5) is 27.4. The van der Waals surface area contributed by atoms with Gasteiger partial charge < -0.3 is 15.1 Å². The average Bonchev–Trinajstić information content (AvgIpc) is 3.28. The van der Waals surface area contributed by atoms with Crippen LogP contribution in [0.4, 0.5) is 35.5 Å². The molecule has 0 radical (unpaired) electrons. The van der Waals surface area contributed by atoms with Crippen molar-refractivity contribution in [3.05, 3.63) is 35.7 Å². The summed E-state index contributed by atoms with van der Waals surface area (Å²) in [7, 11) is 3.38. The Labute approximate surface area is 192 Å². The third-order valence-electron chi connectivity index (χ3n) is 5.57. The van der Waals surface area contributed by atoms with Crippen LogP contribution in [0.5, 0.6) is 0 Å². The molecule has 1 aliphatic rings. The molecular weight excluding hydrogens is 455 g/mol. The summed E-state index contributed by atoms with van der Waals surface area (Å²) in [6, 6.07) is 2.80. The van der Waals surface area contributed by atoms with E-state index in [1.165, 1.54) is 20.2 Å². The summed E-state index contributed by atoms with van der Waals surface area (Å²) in [5.41, 5.74) is 1.65. The summed E-state index contributed by atoms with van der Waals surface area (Å²) in [6.07, 6.45) is -1.72. The van der Waals surface area contributed by atoms with Crippen LogP contribution in [0.1, 0.15) is 31.9 Å². The van der Waals surface area contributed by atoms with E-state index in [1.54, 1.807) is 6.20 Å². The molecule has 0 aliphatic carbocycles. The molecule has 0 atom stereocenters. The van der Waals surface area contributed by atoms with E-state index >= 15 is 0 Å². The smallest absolute Gasteiger partial charge is 0.372 e. The number of pyridine rings is 2. The predicted octanol–water partition coefficient (Wildman–Crippen LogP) is 4.47. The van der Waals surface area contributed by atoms with Crippen molar-refractivity contribution in [1.29, 1.82) is 0 Å². The molecule has 4 rings (SSSR count). The van der Waals surface area contributed by atoms with Crippen molar-refractivity contribution in [2.24, 2.45) is 0 Å². The van der Waals surface area contributed by atoms with Crippen molar-refractivity contribution in [3.63, 3.8) is 0 Å². The highest BCUT2D eigenvalue weighted by molar-refractivity contribution is 7.09. The molecule has 0 aromatic carbocycles. The zero-order valence-electron chi connectivity index (χ0n) is 18.7. The maximum absolute atomic E-state index is 13.7. The second-order valence-corrected chi connectivity index (χ2v) is 9.29. The predicted molar refractivity (Wildman–Crippen MR) is 121 cm³/mol. The number of carbonyl (C=O) groups excluding carboxylic acids is 1. The molecule has 0 saturated heterocycles. The molecule has 1 aliphatic heterocycles. The van der Waals surface area contributed by atoms with Crippen LogP contribution in [-0.2, 0) is 16.4 Å². The minimum Gasteiger partial charge on any atom is -0.372 e. The molecule has 174 valence electrons. The second kappa shape index (κ2) is 7.94. The molecule has 0 saturated carbocycles. The van der Waals surface area contributed by atoms with Crippen molar-refractivity contribution in [1.82, 2.24) is 19.3 Å². The lowest BCUT2D eigenvalue weighted by Crippen LogP contribution is -2.24. The van der Waals surface area contributed by atoms with Crippen LogP contribution < -0.4 is 15.1 Å². The van der Waals surface area contributed by atoms with Gasteiger partial charge in [0.25, 0.3) is 0 Å². The maximum Gasteiger partial charge on any atom is 0.420 e. The van der Waals surface area contributed by atoms with Gasteiger partial charge >= 0.3 is 6.18 Å². The van der Waals surface area contributed by atoms with Crippen molar-refractivity contribution < 1.29 is 18.0 Å². The van der Waals surface area contributed by atoms with E-state index in [0.29, 0.717) is 11.5 Å². The number of nitrogens with one attached hydrogen (secondary N) is 1. The topological polar surface area (TPSA) is 87.1 Å². The number of rotatable bonds is 4. The first-order valence-electron chi connectivity index (χ1n) is 10.0. The number of amides is 1. The summed E-state index contributed by atoms with van der Waals surface area (Å²) >= 11 is 0.913. The summed E-state index contributed by atoms with van der Waals surface area (Å²) in [5, 5.41) is 2.76. The molecule has 12 heteroatoms. The van der Waals surface area contributed by atoms with Gasteiger partial charge in [0.2, 0.25) is 11.0 Å². The van der Waals surface area contributed by atoms with Gasteiger partial charge in [0, 0.05) is 44.5 Å². The van der Waals surface area contributed by atoms with Crippen LogP contribution in [0, 0.1) is 0 Å². The van der Waals surface area contributed by atoms with Gasteiger partial charge in [-0.05, 0) is 17.7 Å². The Morgan fingerprint density at radius 3 is 2.64 bits per heavy atom. The lowest BCUT2D eigenvalue weighted by molar-refractivity contribution is -0.137. The Kier molecular flexibility index (Phi) is 5.51. The van der Waals surface area contributed by atoms with Crippen molar-refractivity contribution >= 4 is 39.8 Å². The van der Waals surface area contributed by atoms with Crippen molar-refractivity contribution in [2.45, 2.75) is 32.4 Å². The zero-order chi connectivity index (χ0) is 24.1. The number of halogens is 3. The lowest BCUT2D eigenvalue weighted by Gasteiger charge is -2.18. The molecule has 4 heterocycles. The zero-order valence-corrected chi connectivity index (χ0v) is 19.5. The van der Waals surface area contributed by atoms with Gasteiger partial charge in [0.15, 0.2) is 5.82 Å². The minimum atomic E-state index is -4.68. The Hall–Kier alpha value is -3.28. The highest BCUT2D eigenvalue weighted by Gasteiger charge is 2.36. The molecule has 3 aromatic rings. The highest BCUT2D eigenvalue weighted by atomic mass is 32.1. The van der Waals surface area contributed by atoms with E-state index in [9.17, 15) is 18.0 Å². The number of nitrogens with zero attached hydrogens (tertiary/aromatic N) is 6. The largest absolute Gasteiger partial charge is 0.420 e. The fourth-order valence-electron chi connectivity index (χ4n) is 3.79. The third kappa shape index (κ3) is 4.34. The van der Waals surface area contributed by atoms with Gasteiger partial charge in [0.05, 0.1) is 23.8 Å². The normalized spacial score (nSPS) is 14.8. The Morgan fingerprint density at radius 1 is 1.24 bits per heavy atom. The maximum atomic E-state index is 13.7. The van der Waals surface area contributed by atoms with E-state index in [1.807, 2.05) is 13.1 Å². The fraction of sp³-hybridized carbons (Fsp3) is 0.381. The monoisotopic (exact) mass is 477 g/mol.